The highest BCUT2D eigenvalue weighted by Crippen LogP contribution is 2.37. The minimum Gasteiger partial charge on any atom is -0.494 e. The van der Waals surface area contributed by atoms with E-state index in [9.17, 15) is 4.79 Å². The third kappa shape index (κ3) is 4.95. The number of aromatic nitrogens is 2. The number of hydrogen-bond donors (Lipinski definition) is 1. The molecule has 4 aromatic rings. The maximum atomic E-state index is 13.1. The number of para-hydroxylation sites is 1. The molecule has 2 aromatic carbocycles. The van der Waals surface area contributed by atoms with Gasteiger partial charge in [-0.1, -0.05) is 24.3 Å². The molecule has 0 spiro atoms. The van der Waals surface area contributed by atoms with E-state index in [2.05, 4.69) is 26.3 Å². The van der Waals surface area contributed by atoms with E-state index in [0.29, 0.717) is 22.6 Å². The number of anilines is 2. The molecule has 0 bridgehead atoms. The molecule has 1 amide bonds. The first kappa shape index (κ1) is 24.2. The zero-order chi connectivity index (χ0) is 25.9. The van der Waals surface area contributed by atoms with Crippen molar-refractivity contribution in [1.82, 2.24) is 9.97 Å². The Bertz CT molecular complexity index is 1470. The zero-order valence-corrected chi connectivity index (χ0v) is 20.9. The van der Waals surface area contributed by atoms with Crippen molar-refractivity contribution in [1.29, 1.82) is 5.26 Å². The SMILES string of the molecule is COc1c(NC(=O)c2ccc(N3C[C@@H](C)O[C@@H](C)C3)nc2)cnc2c(-c3ccc(C#N)cc3)cccc12. The van der Waals surface area contributed by atoms with Gasteiger partial charge in [0.05, 0.1) is 48.2 Å². The fraction of sp³-hybridized carbons (Fsp3) is 0.241. The van der Waals surface area contributed by atoms with Crippen LogP contribution >= 0.6 is 0 Å². The minimum atomic E-state index is -0.300. The Kier molecular flexibility index (Phi) is 6.71. The molecule has 0 radical (unpaired) electrons. The smallest absolute Gasteiger partial charge is 0.257 e. The molecule has 1 aliphatic rings. The first-order valence-electron chi connectivity index (χ1n) is 12.1. The second-order valence-corrected chi connectivity index (χ2v) is 9.12. The van der Waals surface area contributed by atoms with Gasteiger partial charge in [-0.2, -0.15) is 5.26 Å². The number of morpholine rings is 1. The Balaban J connectivity index is 1.40. The molecule has 5 rings (SSSR count). The van der Waals surface area contributed by atoms with Crippen LogP contribution in [0.2, 0.25) is 0 Å². The van der Waals surface area contributed by atoms with Gasteiger partial charge in [-0.15, -0.1) is 0 Å². The van der Waals surface area contributed by atoms with Gasteiger partial charge in [0.2, 0.25) is 0 Å². The van der Waals surface area contributed by atoms with Crippen LogP contribution in [0, 0.1) is 11.3 Å². The second-order valence-electron chi connectivity index (χ2n) is 9.12. The molecule has 2 atom stereocenters. The van der Waals surface area contributed by atoms with Crippen molar-refractivity contribution in [2.24, 2.45) is 0 Å². The van der Waals surface area contributed by atoms with E-state index >= 15 is 0 Å². The lowest BCUT2D eigenvalue weighted by atomic mass is 10.0. The molecular formula is C29H27N5O3. The number of fused-ring (bicyclic) bond motifs is 1. The molecule has 1 saturated heterocycles. The molecule has 2 aromatic heterocycles. The number of methoxy groups -OCH3 is 1. The van der Waals surface area contributed by atoms with Gasteiger partial charge in [-0.25, -0.2) is 4.98 Å². The predicted octanol–water partition coefficient (Wildman–Crippen LogP) is 5.04. The number of hydrogen-bond acceptors (Lipinski definition) is 7. The number of carbonyl (C=O) groups is 1. The third-order valence-corrected chi connectivity index (χ3v) is 6.38. The topological polar surface area (TPSA) is 100 Å². The summed E-state index contributed by atoms with van der Waals surface area (Å²) >= 11 is 0. The first-order valence-corrected chi connectivity index (χ1v) is 12.1. The van der Waals surface area contributed by atoms with E-state index < -0.39 is 0 Å². The maximum absolute atomic E-state index is 13.1. The summed E-state index contributed by atoms with van der Waals surface area (Å²) in [6, 6.07) is 18.9. The Morgan fingerprint density at radius 2 is 1.81 bits per heavy atom. The lowest BCUT2D eigenvalue weighted by Gasteiger charge is -2.36. The van der Waals surface area contributed by atoms with Crippen LogP contribution in [0.15, 0.2) is 67.0 Å². The number of nitrogens with one attached hydrogen (secondary N) is 1. The molecular weight excluding hydrogens is 466 g/mol. The van der Waals surface area contributed by atoms with Crippen molar-refractivity contribution in [2.45, 2.75) is 26.1 Å². The van der Waals surface area contributed by atoms with E-state index in [1.54, 1.807) is 37.7 Å². The van der Waals surface area contributed by atoms with Crippen LogP contribution in [0.25, 0.3) is 22.0 Å². The fourth-order valence-corrected chi connectivity index (χ4v) is 4.73. The summed E-state index contributed by atoms with van der Waals surface area (Å²) < 4.78 is 11.5. The number of rotatable bonds is 5. The van der Waals surface area contributed by atoms with Gasteiger partial charge in [-0.05, 0) is 49.7 Å². The molecule has 0 unspecified atom stereocenters. The molecule has 0 saturated carbocycles. The third-order valence-electron chi connectivity index (χ3n) is 6.38. The summed E-state index contributed by atoms with van der Waals surface area (Å²) in [4.78, 5) is 24.4. The average Bonchev–Trinajstić information content (AvgIpc) is 2.92. The van der Waals surface area contributed by atoms with Crippen LogP contribution in [0.5, 0.6) is 5.75 Å². The average molecular weight is 494 g/mol. The van der Waals surface area contributed by atoms with Crippen LogP contribution in [0.3, 0.4) is 0 Å². The number of pyridine rings is 2. The summed E-state index contributed by atoms with van der Waals surface area (Å²) in [6.07, 6.45) is 3.43. The monoisotopic (exact) mass is 493 g/mol. The summed E-state index contributed by atoms with van der Waals surface area (Å²) in [5.74, 6) is 1.04. The number of nitriles is 1. The molecule has 3 heterocycles. The summed E-state index contributed by atoms with van der Waals surface area (Å²) in [5.41, 5.74) is 4.08. The van der Waals surface area contributed by atoms with Crippen molar-refractivity contribution in [2.75, 3.05) is 30.4 Å². The van der Waals surface area contributed by atoms with Crippen molar-refractivity contribution in [3.63, 3.8) is 0 Å². The predicted molar refractivity (Wildman–Crippen MR) is 143 cm³/mol. The molecule has 1 fully saturated rings. The molecule has 37 heavy (non-hydrogen) atoms. The van der Waals surface area contributed by atoms with Crippen LogP contribution in [0.1, 0.15) is 29.8 Å². The van der Waals surface area contributed by atoms with E-state index in [0.717, 1.165) is 40.9 Å². The van der Waals surface area contributed by atoms with Crippen LogP contribution in [-0.2, 0) is 4.74 Å². The van der Waals surface area contributed by atoms with Crippen molar-refractivity contribution >= 4 is 28.3 Å². The van der Waals surface area contributed by atoms with Crippen molar-refractivity contribution in [3.8, 4) is 22.9 Å². The summed E-state index contributed by atoms with van der Waals surface area (Å²) in [6.45, 7) is 5.60. The highest BCUT2D eigenvalue weighted by Gasteiger charge is 2.23. The number of nitrogens with zero attached hydrogens (tertiary/aromatic N) is 4. The largest absolute Gasteiger partial charge is 0.494 e. The normalized spacial score (nSPS) is 17.3. The van der Waals surface area contributed by atoms with E-state index in [4.69, 9.17) is 14.7 Å². The lowest BCUT2D eigenvalue weighted by molar-refractivity contribution is -0.00546. The van der Waals surface area contributed by atoms with Gasteiger partial charge >= 0.3 is 0 Å². The second kappa shape index (κ2) is 10.2. The van der Waals surface area contributed by atoms with E-state index in [1.807, 2.05) is 50.2 Å². The Hall–Kier alpha value is -4.48. The highest BCUT2D eigenvalue weighted by atomic mass is 16.5. The quantitative estimate of drug-likeness (QED) is 0.416. The first-order chi connectivity index (χ1) is 18.0. The van der Waals surface area contributed by atoms with Crippen LogP contribution < -0.4 is 15.0 Å². The van der Waals surface area contributed by atoms with Crippen LogP contribution in [-0.4, -0.2) is 48.3 Å². The van der Waals surface area contributed by atoms with E-state index in [1.165, 1.54) is 0 Å². The fourth-order valence-electron chi connectivity index (χ4n) is 4.73. The Morgan fingerprint density at radius 1 is 1.05 bits per heavy atom. The number of amides is 1. The highest BCUT2D eigenvalue weighted by molar-refractivity contribution is 6.07. The molecule has 8 heteroatoms. The lowest BCUT2D eigenvalue weighted by Crippen LogP contribution is -2.45. The molecule has 8 nitrogen and oxygen atoms in total. The van der Waals surface area contributed by atoms with E-state index in [-0.39, 0.29) is 18.1 Å². The van der Waals surface area contributed by atoms with Crippen molar-refractivity contribution in [3.05, 3.63) is 78.1 Å². The molecule has 1 N–H and O–H groups in total. The Labute approximate surface area is 215 Å². The van der Waals surface area contributed by atoms with Gasteiger partial charge < -0.3 is 19.7 Å². The van der Waals surface area contributed by atoms with Crippen molar-refractivity contribution < 1.29 is 14.3 Å². The molecule has 0 aliphatic carbocycles. The number of benzene rings is 2. The summed E-state index contributed by atoms with van der Waals surface area (Å²) in [7, 11) is 1.57. The summed E-state index contributed by atoms with van der Waals surface area (Å²) in [5, 5.41) is 12.8. The van der Waals surface area contributed by atoms with Crippen LogP contribution in [0.4, 0.5) is 11.5 Å². The molecule has 186 valence electrons. The molecule has 1 aliphatic heterocycles. The Morgan fingerprint density at radius 3 is 2.46 bits per heavy atom. The van der Waals surface area contributed by atoms with Gasteiger partial charge in [0, 0.05) is 30.2 Å². The van der Waals surface area contributed by atoms with Gasteiger partial charge in [0.25, 0.3) is 5.91 Å². The minimum absolute atomic E-state index is 0.124. The standard InChI is InChI=1S/C29H27N5O3/c1-18-16-34(17-19(2)37-18)26-12-11-22(14-31-26)29(35)33-25-15-32-27-23(5-4-6-24(27)28(25)36-3)21-9-7-20(13-30)8-10-21/h4-12,14-15,18-19H,16-17H2,1-3H3,(H,33,35)/t18-,19+. The van der Waals surface area contributed by atoms with Gasteiger partial charge in [0.1, 0.15) is 11.5 Å². The van der Waals surface area contributed by atoms with Gasteiger partial charge in [0.15, 0.2) is 5.75 Å². The van der Waals surface area contributed by atoms with Gasteiger partial charge in [-0.3, -0.25) is 9.78 Å². The zero-order valence-electron chi connectivity index (χ0n) is 20.9. The maximum Gasteiger partial charge on any atom is 0.257 e. The number of carbonyl (C=O) groups excluding carboxylic acids is 1. The number of ether oxygens (including phenoxy) is 2.